The molecule has 0 aliphatic heterocycles. The zero-order valence-electron chi connectivity index (χ0n) is 22.5. The second kappa shape index (κ2) is 12.3. The minimum Gasteiger partial charge on any atom is -0.462 e. The number of rotatable bonds is 8. The number of para-hydroxylation sites is 1. The van der Waals surface area contributed by atoms with Gasteiger partial charge in [0.2, 0.25) is 0 Å². The molecule has 0 saturated heterocycles. The Bertz CT molecular complexity index is 1760. The number of carbonyl (C=O) groups is 2. The highest BCUT2D eigenvalue weighted by atomic mass is 32.1. The number of amides is 1. The van der Waals surface area contributed by atoms with Crippen LogP contribution in [0.3, 0.4) is 0 Å². The van der Waals surface area contributed by atoms with Gasteiger partial charge >= 0.3 is 5.97 Å². The number of carbonyl (C=O) groups excluding carboxylic acids is 2. The van der Waals surface area contributed by atoms with E-state index < -0.39 is 11.9 Å². The number of nitrogens with zero attached hydrogens (tertiary/aromatic N) is 3. The van der Waals surface area contributed by atoms with Crippen molar-refractivity contribution < 1.29 is 14.3 Å². The summed E-state index contributed by atoms with van der Waals surface area (Å²) in [5.74, 6) is -1.18. The van der Waals surface area contributed by atoms with Crippen molar-refractivity contribution in [3.63, 3.8) is 0 Å². The lowest BCUT2D eigenvalue weighted by Crippen LogP contribution is -2.16. The molecular weight excluding hydrogens is 532 g/mol. The molecule has 2 aromatic heterocycles. The molecule has 0 spiro atoms. The van der Waals surface area contributed by atoms with Gasteiger partial charge in [-0.1, -0.05) is 78.4 Å². The van der Waals surface area contributed by atoms with Gasteiger partial charge < -0.3 is 10.1 Å². The third kappa shape index (κ3) is 6.01. The predicted octanol–water partition coefficient (Wildman–Crippen LogP) is 7.30. The Kier molecular flexibility index (Phi) is 8.18. The second-order valence-corrected chi connectivity index (χ2v) is 10.0. The molecule has 41 heavy (non-hydrogen) atoms. The molecule has 1 amide bonds. The summed E-state index contributed by atoms with van der Waals surface area (Å²) < 4.78 is 7.03. The van der Waals surface area contributed by atoms with E-state index in [1.165, 1.54) is 17.4 Å². The number of aryl methyl sites for hydroxylation is 1. The van der Waals surface area contributed by atoms with Crippen molar-refractivity contribution in [2.75, 3.05) is 11.9 Å². The van der Waals surface area contributed by atoms with Crippen LogP contribution in [-0.2, 0) is 9.53 Å². The number of aromatic nitrogens is 2. The lowest BCUT2D eigenvalue weighted by molar-refractivity contribution is -0.112. The predicted molar refractivity (Wildman–Crippen MR) is 162 cm³/mol. The molecule has 8 heteroatoms. The molecule has 0 unspecified atom stereocenters. The minimum atomic E-state index is -0.637. The van der Waals surface area contributed by atoms with E-state index in [9.17, 15) is 14.9 Å². The fourth-order valence-corrected chi connectivity index (χ4v) is 5.25. The summed E-state index contributed by atoms with van der Waals surface area (Å²) >= 11 is 1.21. The number of hydrogen-bond donors (Lipinski definition) is 1. The fraction of sp³-hybridized carbons (Fsp3) is 0.0909. The first kappa shape index (κ1) is 27.3. The number of thiophene rings is 1. The molecule has 0 saturated carbocycles. The lowest BCUT2D eigenvalue weighted by atomic mass is 10.0. The summed E-state index contributed by atoms with van der Waals surface area (Å²) in [6.45, 7) is 3.90. The van der Waals surface area contributed by atoms with Crippen molar-refractivity contribution in [1.29, 1.82) is 5.26 Å². The average Bonchev–Trinajstić information content (AvgIpc) is 3.62. The summed E-state index contributed by atoms with van der Waals surface area (Å²) in [6.07, 6.45) is 3.30. The Morgan fingerprint density at radius 1 is 1.00 bits per heavy atom. The first-order valence-electron chi connectivity index (χ1n) is 13.0. The van der Waals surface area contributed by atoms with Crippen molar-refractivity contribution in [2.24, 2.45) is 0 Å². The van der Waals surface area contributed by atoms with Crippen molar-refractivity contribution >= 4 is 34.3 Å². The van der Waals surface area contributed by atoms with Crippen LogP contribution in [0.2, 0.25) is 0 Å². The standard InChI is InChI=1S/C33H26N4O3S/c1-3-40-33(39)29-28(23-16-14-22(2)15-17-23)21-41-32(29)35-31(38)25(19-34)18-26-20-37(27-12-8-5-9-13-27)36-30(26)24-10-6-4-7-11-24/h4-18,20-21H,3H2,1-2H3,(H,35,38). The fourth-order valence-electron chi connectivity index (χ4n) is 4.30. The largest absolute Gasteiger partial charge is 0.462 e. The molecule has 0 bridgehead atoms. The number of hydrogen-bond acceptors (Lipinski definition) is 6. The topological polar surface area (TPSA) is 97.0 Å². The van der Waals surface area contributed by atoms with E-state index in [2.05, 4.69) is 5.32 Å². The highest BCUT2D eigenvalue weighted by Crippen LogP contribution is 2.37. The first-order valence-corrected chi connectivity index (χ1v) is 13.9. The molecule has 0 radical (unpaired) electrons. The quantitative estimate of drug-likeness (QED) is 0.122. The molecule has 3 aromatic carbocycles. The maximum atomic E-state index is 13.4. The van der Waals surface area contributed by atoms with Crippen LogP contribution in [-0.4, -0.2) is 28.3 Å². The van der Waals surface area contributed by atoms with Gasteiger partial charge in [-0.15, -0.1) is 11.3 Å². The lowest BCUT2D eigenvalue weighted by Gasteiger charge is -2.09. The molecule has 2 heterocycles. The molecule has 0 atom stereocenters. The molecule has 5 rings (SSSR count). The summed E-state index contributed by atoms with van der Waals surface area (Å²) in [5.41, 5.74) is 5.61. The smallest absolute Gasteiger partial charge is 0.341 e. The van der Waals surface area contributed by atoms with Crippen LogP contribution in [0.4, 0.5) is 5.00 Å². The van der Waals surface area contributed by atoms with E-state index >= 15 is 0 Å². The molecule has 7 nitrogen and oxygen atoms in total. The Balaban J connectivity index is 1.52. The maximum absolute atomic E-state index is 13.4. The third-order valence-electron chi connectivity index (χ3n) is 6.34. The molecule has 5 aromatic rings. The van der Waals surface area contributed by atoms with Gasteiger partial charge in [-0.2, -0.15) is 10.4 Å². The summed E-state index contributed by atoms with van der Waals surface area (Å²) in [5, 5.41) is 19.7. The maximum Gasteiger partial charge on any atom is 0.341 e. The highest BCUT2D eigenvalue weighted by Gasteiger charge is 2.24. The van der Waals surface area contributed by atoms with Crippen molar-refractivity contribution in [2.45, 2.75) is 13.8 Å². The highest BCUT2D eigenvalue weighted by molar-refractivity contribution is 7.15. The van der Waals surface area contributed by atoms with E-state index in [1.54, 1.807) is 23.2 Å². The number of anilines is 1. The van der Waals surface area contributed by atoms with Crippen LogP contribution < -0.4 is 5.32 Å². The van der Waals surface area contributed by atoms with E-state index in [4.69, 9.17) is 9.84 Å². The van der Waals surface area contributed by atoms with E-state index in [0.717, 1.165) is 22.4 Å². The minimum absolute atomic E-state index is 0.130. The Hall–Kier alpha value is -5.26. The van der Waals surface area contributed by atoms with Gasteiger partial charge in [-0.3, -0.25) is 4.79 Å². The Morgan fingerprint density at radius 2 is 1.68 bits per heavy atom. The van der Waals surface area contributed by atoms with Gasteiger partial charge in [0.15, 0.2) is 0 Å². The monoisotopic (exact) mass is 558 g/mol. The van der Waals surface area contributed by atoms with Gasteiger partial charge in [0.25, 0.3) is 5.91 Å². The first-order chi connectivity index (χ1) is 20.0. The van der Waals surface area contributed by atoms with Crippen molar-refractivity contribution in [3.8, 4) is 34.1 Å². The zero-order valence-corrected chi connectivity index (χ0v) is 23.3. The number of ether oxygens (including phenoxy) is 1. The summed E-state index contributed by atoms with van der Waals surface area (Å²) in [7, 11) is 0. The van der Waals surface area contributed by atoms with E-state index in [1.807, 2.05) is 97.9 Å². The van der Waals surface area contributed by atoms with Gasteiger partial charge in [-0.05, 0) is 37.6 Å². The zero-order chi connectivity index (χ0) is 28.8. The molecule has 202 valence electrons. The van der Waals surface area contributed by atoms with Gasteiger partial charge in [0, 0.05) is 28.3 Å². The van der Waals surface area contributed by atoms with Gasteiger partial charge in [0.1, 0.15) is 22.2 Å². The Morgan fingerprint density at radius 3 is 2.34 bits per heavy atom. The molecular formula is C33H26N4O3S. The van der Waals surface area contributed by atoms with Crippen LogP contribution in [0.15, 0.2) is 102 Å². The van der Waals surface area contributed by atoms with E-state index in [-0.39, 0.29) is 17.7 Å². The van der Waals surface area contributed by atoms with Gasteiger partial charge in [0.05, 0.1) is 18.0 Å². The average molecular weight is 559 g/mol. The number of nitriles is 1. The molecule has 0 fully saturated rings. The van der Waals surface area contributed by atoms with Crippen LogP contribution in [0.1, 0.15) is 28.4 Å². The van der Waals surface area contributed by atoms with Crippen LogP contribution in [0.25, 0.3) is 34.1 Å². The third-order valence-corrected chi connectivity index (χ3v) is 7.23. The second-order valence-electron chi connectivity index (χ2n) is 9.14. The van der Waals surface area contributed by atoms with Crippen LogP contribution >= 0.6 is 11.3 Å². The normalized spacial score (nSPS) is 11.1. The van der Waals surface area contributed by atoms with Crippen molar-refractivity contribution in [3.05, 3.63) is 119 Å². The van der Waals surface area contributed by atoms with Crippen LogP contribution in [0.5, 0.6) is 0 Å². The Labute approximate surface area is 242 Å². The van der Waals surface area contributed by atoms with E-state index in [0.29, 0.717) is 21.8 Å². The number of esters is 1. The summed E-state index contributed by atoms with van der Waals surface area (Å²) in [6, 6.07) is 28.9. The van der Waals surface area contributed by atoms with Crippen LogP contribution in [0, 0.1) is 18.3 Å². The molecule has 1 N–H and O–H groups in total. The van der Waals surface area contributed by atoms with Gasteiger partial charge in [-0.25, -0.2) is 9.48 Å². The van der Waals surface area contributed by atoms with Crippen molar-refractivity contribution in [1.82, 2.24) is 9.78 Å². The number of nitrogens with one attached hydrogen (secondary N) is 1. The molecule has 0 aliphatic rings. The SMILES string of the molecule is CCOC(=O)c1c(-c2ccc(C)cc2)csc1NC(=O)C(C#N)=Cc1cn(-c2ccccc2)nc1-c1ccccc1. The summed E-state index contributed by atoms with van der Waals surface area (Å²) in [4.78, 5) is 26.4. The molecule has 0 aliphatic carbocycles. The number of benzene rings is 3.